The van der Waals surface area contributed by atoms with Crippen LogP contribution in [0.25, 0.3) is 0 Å². The van der Waals surface area contributed by atoms with Gasteiger partial charge in [0.25, 0.3) is 0 Å². The van der Waals surface area contributed by atoms with E-state index >= 15 is 0 Å². The van der Waals surface area contributed by atoms with E-state index in [1.54, 1.807) is 0 Å². The Morgan fingerprint density at radius 2 is 2.23 bits per heavy atom. The zero-order chi connectivity index (χ0) is 9.14. The maximum absolute atomic E-state index is 11.2. The molecule has 1 rings (SSSR count). The Labute approximate surface area is 85.6 Å². The minimum atomic E-state index is -0.0875. The van der Waals surface area contributed by atoms with E-state index in [9.17, 15) is 4.79 Å². The molecule has 0 aromatic heterocycles. The first-order valence-corrected chi connectivity index (χ1v) is 4.48. The molecule has 0 aromatic rings. The van der Waals surface area contributed by atoms with Crippen molar-refractivity contribution < 1.29 is 9.53 Å². The molecule has 0 saturated carbocycles. The fourth-order valence-electron chi connectivity index (χ4n) is 1.92. The van der Waals surface area contributed by atoms with Crippen molar-refractivity contribution in [2.24, 2.45) is 11.8 Å². The molecule has 3 nitrogen and oxygen atoms in total. The van der Waals surface area contributed by atoms with E-state index in [4.69, 9.17) is 4.74 Å². The number of halogens is 1. The van der Waals surface area contributed by atoms with Crippen LogP contribution in [0.15, 0.2) is 0 Å². The summed E-state index contributed by atoms with van der Waals surface area (Å²) >= 11 is 0. The average molecular weight is 208 g/mol. The summed E-state index contributed by atoms with van der Waals surface area (Å²) in [6.07, 6.45) is 1.08. The quantitative estimate of drug-likeness (QED) is 0.692. The van der Waals surface area contributed by atoms with Crippen LogP contribution in [0.4, 0.5) is 0 Å². The molecule has 78 valence electrons. The lowest BCUT2D eigenvalue weighted by Crippen LogP contribution is -2.31. The second-order valence-corrected chi connectivity index (χ2v) is 3.51. The SMILES string of the molecule is COC(=O)C(C)C1CCNC1C.Cl. The lowest BCUT2D eigenvalue weighted by Gasteiger charge is -2.20. The maximum atomic E-state index is 11.2. The Bertz CT molecular complexity index is 175. The molecule has 0 amide bonds. The number of hydrogen-bond acceptors (Lipinski definition) is 3. The van der Waals surface area contributed by atoms with Crippen LogP contribution in [-0.2, 0) is 9.53 Å². The van der Waals surface area contributed by atoms with Gasteiger partial charge in [0.15, 0.2) is 0 Å². The van der Waals surface area contributed by atoms with E-state index < -0.39 is 0 Å². The molecular formula is C9H18ClNO2. The fourth-order valence-corrected chi connectivity index (χ4v) is 1.92. The number of hydrogen-bond donors (Lipinski definition) is 1. The van der Waals surface area contributed by atoms with Crippen molar-refractivity contribution in [3.63, 3.8) is 0 Å². The minimum absolute atomic E-state index is 0. The van der Waals surface area contributed by atoms with Gasteiger partial charge >= 0.3 is 5.97 Å². The first-order valence-electron chi connectivity index (χ1n) is 4.48. The van der Waals surface area contributed by atoms with Crippen molar-refractivity contribution in [3.05, 3.63) is 0 Å². The standard InChI is InChI=1S/C9H17NO2.ClH/c1-6(9(11)12-3)8-4-5-10-7(8)2;/h6-8,10H,4-5H2,1-3H3;1H. The fraction of sp³-hybridized carbons (Fsp3) is 0.889. The molecule has 4 heteroatoms. The van der Waals surface area contributed by atoms with Crippen LogP contribution in [0, 0.1) is 11.8 Å². The average Bonchev–Trinajstić information content (AvgIpc) is 2.48. The zero-order valence-electron chi connectivity index (χ0n) is 8.37. The number of carbonyl (C=O) groups excluding carboxylic acids is 1. The number of methoxy groups -OCH3 is 1. The molecule has 3 unspecified atom stereocenters. The zero-order valence-corrected chi connectivity index (χ0v) is 9.19. The summed E-state index contributed by atoms with van der Waals surface area (Å²) in [5.74, 6) is 0.382. The topological polar surface area (TPSA) is 38.3 Å². The third-order valence-electron chi connectivity index (χ3n) is 2.80. The highest BCUT2D eigenvalue weighted by Gasteiger charge is 2.32. The first-order chi connectivity index (χ1) is 5.66. The lowest BCUT2D eigenvalue weighted by molar-refractivity contribution is -0.146. The van der Waals surface area contributed by atoms with Crippen molar-refractivity contribution in [1.29, 1.82) is 0 Å². The summed E-state index contributed by atoms with van der Waals surface area (Å²) in [6, 6.07) is 0.444. The summed E-state index contributed by atoms with van der Waals surface area (Å²) in [4.78, 5) is 11.2. The highest BCUT2D eigenvalue weighted by Crippen LogP contribution is 2.24. The monoisotopic (exact) mass is 207 g/mol. The maximum Gasteiger partial charge on any atom is 0.308 e. The van der Waals surface area contributed by atoms with Crippen LogP contribution in [0.3, 0.4) is 0 Å². The second-order valence-electron chi connectivity index (χ2n) is 3.51. The number of ether oxygens (including phenoxy) is 1. The summed E-state index contributed by atoms with van der Waals surface area (Å²) < 4.78 is 4.71. The van der Waals surface area contributed by atoms with Gasteiger partial charge in [0.1, 0.15) is 0 Å². The molecule has 1 aliphatic heterocycles. The van der Waals surface area contributed by atoms with Crippen molar-refractivity contribution in [3.8, 4) is 0 Å². The van der Waals surface area contributed by atoms with Gasteiger partial charge < -0.3 is 10.1 Å². The summed E-state index contributed by atoms with van der Waals surface area (Å²) in [5.41, 5.74) is 0. The van der Waals surface area contributed by atoms with E-state index in [-0.39, 0.29) is 24.3 Å². The van der Waals surface area contributed by atoms with Crippen LogP contribution in [0.5, 0.6) is 0 Å². The van der Waals surface area contributed by atoms with Crippen LogP contribution < -0.4 is 5.32 Å². The van der Waals surface area contributed by atoms with Crippen molar-refractivity contribution in [1.82, 2.24) is 5.32 Å². The Morgan fingerprint density at radius 1 is 1.62 bits per heavy atom. The molecule has 3 atom stereocenters. The molecule has 1 fully saturated rings. The van der Waals surface area contributed by atoms with Gasteiger partial charge in [0.2, 0.25) is 0 Å². The van der Waals surface area contributed by atoms with Crippen LogP contribution in [0.1, 0.15) is 20.3 Å². The van der Waals surface area contributed by atoms with E-state index in [1.807, 2.05) is 6.92 Å². The summed E-state index contributed by atoms with van der Waals surface area (Å²) in [5, 5.41) is 3.32. The lowest BCUT2D eigenvalue weighted by atomic mass is 9.88. The molecule has 0 spiro atoms. The molecule has 0 bridgehead atoms. The largest absolute Gasteiger partial charge is 0.469 e. The highest BCUT2D eigenvalue weighted by molar-refractivity contribution is 5.85. The van der Waals surface area contributed by atoms with Gasteiger partial charge in [-0.3, -0.25) is 4.79 Å². The summed E-state index contributed by atoms with van der Waals surface area (Å²) in [7, 11) is 1.45. The Hall–Kier alpha value is -0.280. The predicted molar refractivity (Wildman–Crippen MR) is 54.0 cm³/mol. The molecule has 0 aromatic carbocycles. The van der Waals surface area contributed by atoms with E-state index in [0.717, 1.165) is 13.0 Å². The highest BCUT2D eigenvalue weighted by atomic mass is 35.5. The van der Waals surface area contributed by atoms with Crippen LogP contribution in [-0.4, -0.2) is 25.7 Å². The Kier molecular flexibility index (Phi) is 5.33. The van der Waals surface area contributed by atoms with E-state index in [2.05, 4.69) is 12.2 Å². The predicted octanol–water partition coefficient (Wildman–Crippen LogP) is 1.22. The normalized spacial score (nSPS) is 29.2. The van der Waals surface area contributed by atoms with Gasteiger partial charge in [-0.1, -0.05) is 6.92 Å². The molecule has 0 radical (unpaired) electrons. The van der Waals surface area contributed by atoms with Gasteiger partial charge in [-0.05, 0) is 25.8 Å². The van der Waals surface area contributed by atoms with Crippen molar-refractivity contribution in [2.45, 2.75) is 26.3 Å². The van der Waals surface area contributed by atoms with E-state index in [0.29, 0.717) is 12.0 Å². The van der Waals surface area contributed by atoms with Gasteiger partial charge in [-0.15, -0.1) is 12.4 Å². The van der Waals surface area contributed by atoms with Gasteiger partial charge in [0, 0.05) is 6.04 Å². The Balaban J connectivity index is 0.00000144. The second kappa shape index (κ2) is 5.45. The molecule has 13 heavy (non-hydrogen) atoms. The van der Waals surface area contributed by atoms with Gasteiger partial charge in [0.05, 0.1) is 13.0 Å². The van der Waals surface area contributed by atoms with Gasteiger partial charge in [-0.25, -0.2) is 0 Å². The number of esters is 1. The minimum Gasteiger partial charge on any atom is -0.469 e. The third kappa shape index (κ3) is 2.85. The number of carbonyl (C=O) groups is 1. The van der Waals surface area contributed by atoms with Crippen molar-refractivity contribution in [2.75, 3.05) is 13.7 Å². The van der Waals surface area contributed by atoms with Crippen LogP contribution in [0.2, 0.25) is 0 Å². The molecule has 0 aliphatic carbocycles. The van der Waals surface area contributed by atoms with E-state index in [1.165, 1.54) is 7.11 Å². The van der Waals surface area contributed by atoms with Gasteiger partial charge in [-0.2, -0.15) is 0 Å². The first kappa shape index (κ1) is 12.7. The molecule has 1 heterocycles. The number of rotatable bonds is 2. The molecule has 1 saturated heterocycles. The summed E-state index contributed by atoms with van der Waals surface area (Å²) in [6.45, 7) is 5.09. The van der Waals surface area contributed by atoms with Crippen LogP contribution >= 0.6 is 12.4 Å². The molecule has 1 N–H and O–H groups in total. The van der Waals surface area contributed by atoms with Crippen molar-refractivity contribution >= 4 is 18.4 Å². The molecule has 1 aliphatic rings. The third-order valence-corrected chi connectivity index (χ3v) is 2.80. The smallest absolute Gasteiger partial charge is 0.308 e. The number of nitrogens with one attached hydrogen (secondary N) is 1. The molecular weight excluding hydrogens is 190 g/mol. The Morgan fingerprint density at radius 3 is 2.62 bits per heavy atom.